The molecule has 144 valence electrons. The predicted molar refractivity (Wildman–Crippen MR) is 105 cm³/mol. The molecule has 1 aliphatic heterocycles. The molecular weight excluding hydrogens is 346 g/mol. The summed E-state index contributed by atoms with van der Waals surface area (Å²) >= 11 is 0. The maximum absolute atomic E-state index is 13.1. The second kappa shape index (κ2) is 8.55. The Bertz CT molecular complexity index is 705. The molecule has 1 saturated carbocycles. The number of benzene rings is 1. The van der Waals surface area contributed by atoms with Crippen molar-refractivity contribution in [1.29, 1.82) is 0 Å². The fourth-order valence-electron chi connectivity index (χ4n) is 4.30. The molecule has 0 aromatic heterocycles. The van der Waals surface area contributed by atoms with Crippen LogP contribution in [0.15, 0.2) is 24.3 Å². The lowest BCUT2D eigenvalue weighted by Crippen LogP contribution is -2.41. The van der Waals surface area contributed by atoms with Gasteiger partial charge in [-0.15, -0.1) is 0 Å². The van der Waals surface area contributed by atoms with E-state index in [1.54, 1.807) is 0 Å². The lowest BCUT2D eigenvalue weighted by molar-refractivity contribution is 0.0694. The molecule has 4 nitrogen and oxygen atoms in total. The van der Waals surface area contributed by atoms with Gasteiger partial charge in [0.15, 0.2) is 9.84 Å². The molecule has 0 bridgehead atoms. The summed E-state index contributed by atoms with van der Waals surface area (Å²) in [5.41, 5.74) is 2.02. The van der Waals surface area contributed by atoms with Gasteiger partial charge in [0.25, 0.3) is 5.91 Å². The zero-order valence-electron chi connectivity index (χ0n) is 15.8. The first kappa shape index (κ1) is 19.4. The molecule has 2 aliphatic rings. The zero-order valence-corrected chi connectivity index (χ0v) is 16.6. The highest BCUT2D eigenvalue weighted by molar-refractivity contribution is 7.91. The van der Waals surface area contributed by atoms with Crippen LogP contribution in [0.25, 0.3) is 0 Å². The Kier molecular flexibility index (Phi) is 6.38. The lowest BCUT2D eigenvalue weighted by atomic mass is 9.84. The number of hydrogen-bond acceptors (Lipinski definition) is 3. The van der Waals surface area contributed by atoms with E-state index in [4.69, 9.17) is 0 Å². The highest BCUT2D eigenvalue weighted by Crippen LogP contribution is 2.32. The van der Waals surface area contributed by atoms with Crippen molar-refractivity contribution in [3.8, 4) is 0 Å². The first-order valence-corrected chi connectivity index (χ1v) is 11.9. The second-order valence-electron chi connectivity index (χ2n) is 7.87. The number of nitrogens with zero attached hydrogens (tertiary/aromatic N) is 1. The summed E-state index contributed by atoms with van der Waals surface area (Å²) in [5, 5.41) is 0. The van der Waals surface area contributed by atoms with Gasteiger partial charge in [-0.2, -0.15) is 0 Å². The maximum Gasteiger partial charge on any atom is 0.254 e. The SMILES string of the molecule is CCCCN(C(=O)c1ccc(C2CCCCC2)cc1)C1CCS(=O)(=O)C1. The molecule has 1 aliphatic carbocycles. The summed E-state index contributed by atoms with van der Waals surface area (Å²) in [6, 6.07) is 7.92. The van der Waals surface area contributed by atoms with Crippen LogP contribution in [0.2, 0.25) is 0 Å². The summed E-state index contributed by atoms with van der Waals surface area (Å²) in [5.74, 6) is 0.927. The molecule has 2 fully saturated rings. The van der Waals surface area contributed by atoms with Crippen molar-refractivity contribution in [3.63, 3.8) is 0 Å². The Morgan fingerprint density at radius 2 is 1.77 bits per heavy atom. The van der Waals surface area contributed by atoms with Crippen LogP contribution in [-0.4, -0.2) is 43.3 Å². The molecule has 1 atom stereocenters. The van der Waals surface area contributed by atoms with Gasteiger partial charge in [-0.3, -0.25) is 4.79 Å². The predicted octanol–water partition coefficient (Wildman–Crippen LogP) is 4.16. The molecule has 1 aromatic rings. The minimum Gasteiger partial charge on any atom is -0.335 e. The molecule has 1 saturated heterocycles. The highest BCUT2D eigenvalue weighted by Gasteiger charge is 2.34. The zero-order chi connectivity index (χ0) is 18.6. The Hall–Kier alpha value is -1.36. The van der Waals surface area contributed by atoms with E-state index in [0.717, 1.165) is 12.8 Å². The van der Waals surface area contributed by atoms with E-state index in [-0.39, 0.29) is 23.5 Å². The van der Waals surface area contributed by atoms with Gasteiger partial charge >= 0.3 is 0 Å². The largest absolute Gasteiger partial charge is 0.335 e. The summed E-state index contributed by atoms with van der Waals surface area (Å²) in [6.45, 7) is 2.73. The van der Waals surface area contributed by atoms with Gasteiger partial charge in [0.2, 0.25) is 0 Å². The Morgan fingerprint density at radius 1 is 1.08 bits per heavy atom. The van der Waals surface area contributed by atoms with E-state index in [1.165, 1.54) is 37.7 Å². The number of rotatable bonds is 6. The molecule has 1 aromatic carbocycles. The molecule has 1 amide bonds. The summed E-state index contributed by atoms with van der Waals surface area (Å²) < 4.78 is 23.7. The minimum absolute atomic E-state index is 0.0178. The smallest absolute Gasteiger partial charge is 0.254 e. The third-order valence-corrected chi connectivity index (χ3v) is 7.65. The summed E-state index contributed by atoms with van der Waals surface area (Å²) in [4.78, 5) is 14.9. The number of carbonyl (C=O) groups is 1. The normalized spacial score (nSPS) is 23.0. The van der Waals surface area contributed by atoms with Crippen molar-refractivity contribution in [2.45, 2.75) is 70.3 Å². The first-order chi connectivity index (χ1) is 12.5. The average Bonchev–Trinajstić information content (AvgIpc) is 3.02. The van der Waals surface area contributed by atoms with E-state index in [0.29, 0.717) is 24.4 Å². The average molecular weight is 378 g/mol. The maximum atomic E-state index is 13.1. The topological polar surface area (TPSA) is 54.5 Å². The summed E-state index contributed by atoms with van der Waals surface area (Å²) in [7, 11) is -3.00. The van der Waals surface area contributed by atoms with E-state index >= 15 is 0 Å². The third kappa shape index (κ3) is 4.67. The van der Waals surface area contributed by atoms with Gasteiger partial charge in [0.05, 0.1) is 11.5 Å². The van der Waals surface area contributed by atoms with Crippen molar-refractivity contribution < 1.29 is 13.2 Å². The number of amides is 1. The van der Waals surface area contributed by atoms with Gasteiger partial charge in [0.1, 0.15) is 0 Å². The Labute approximate surface area is 157 Å². The second-order valence-corrected chi connectivity index (χ2v) is 10.1. The van der Waals surface area contributed by atoms with Crippen LogP contribution in [0.3, 0.4) is 0 Å². The summed E-state index contributed by atoms with van der Waals surface area (Å²) in [6.07, 6.45) is 8.89. The van der Waals surface area contributed by atoms with Gasteiger partial charge in [0, 0.05) is 18.2 Å². The van der Waals surface area contributed by atoms with Gasteiger partial charge in [-0.25, -0.2) is 8.42 Å². The number of hydrogen-bond donors (Lipinski definition) is 0. The molecule has 1 heterocycles. The van der Waals surface area contributed by atoms with Gasteiger partial charge in [-0.1, -0.05) is 44.7 Å². The fourth-order valence-corrected chi connectivity index (χ4v) is 6.03. The molecular formula is C21H31NO3S. The number of unbranched alkanes of at least 4 members (excludes halogenated alkanes) is 1. The van der Waals surface area contributed by atoms with Crippen LogP contribution in [0, 0.1) is 0 Å². The quantitative estimate of drug-likeness (QED) is 0.748. The third-order valence-electron chi connectivity index (χ3n) is 5.90. The molecule has 0 N–H and O–H groups in total. The molecule has 0 radical (unpaired) electrons. The van der Waals surface area contributed by atoms with E-state index < -0.39 is 9.84 Å². The fraction of sp³-hybridized carbons (Fsp3) is 0.667. The minimum atomic E-state index is -3.00. The monoisotopic (exact) mass is 377 g/mol. The van der Waals surface area contributed by atoms with Crippen LogP contribution < -0.4 is 0 Å². The van der Waals surface area contributed by atoms with E-state index in [2.05, 4.69) is 19.1 Å². The van der Waals surface area contributed by atoms with E-state index in [9.17, 15) is 13.2 Å². The van der Waals surface area contributed by atoms with Crippen molar-refractivity contribution in [3.05, 3.63) is 35.4 Å². The molecule has 26 heavy (non-hydrogen) atoms. The van der Waals surface area contributed by atoms with Crippen molar-refractivity contribution in [1.82, 2.24) is 4.90 Å². The van der Waals surface area contributed by atoms with Crippen LogP contribution in [0.5, 0.6) is 0 Å². The van der Waals surface area contributed by atoms with Gasteiger partial charge in [-0.05, 0) is 49.3 Å². The molecule has 3 rings (SSSR count). The first-order valence-electron chi connectivity index (χ1n) is 10.1. The van der Waals surface area contributed by atoms with Gasteiger partial charge < -0.3 is 4.90 Å². The number of sulfone groups is 1. The van der Waals surface area contributed by atoms with Crippen LogP contribution in [-0.2, 0) is 9.84 Å². The van der Waals surface area contributed by atoms with E-state index in [1.807, 2.05) is 17.0 Å². The van der Waals surface area contributed by atoms with Crippen molar-refractivity contribution in [2.75, 3.05) is 18.1 Å². The van der Waals surface area contributed by atoms with Crippen LogP contribution in [0.1, 0.15) is 80.1 Å². The highest BCUT2D eigenvalue weighted by atomic mass is 32.2. The molecule has 0 spiro atoms. The molecule has 5 heteroatoms. The Morgan fingerprint density at radius 3 is 2.35 bits per heavy atom. The van der Waals surface area contributed by atoms with Crippen LogP contribution >= 0.6 is 0 Å². The van der Waals surface area contributed by atoms with Crippen LogP contribution in [0.4, 0.5) is 0 Å². The standard InChI is InChI=1S/C21H31NO3S/c1-2-3-14-22(20-13-15-26(24,25)16-20)21(23)19-11-9-18(10-12-19)17-7-5-4-6-8-17/h9-12,17,20H,2-8,13-16H2,1H3. The van der Waals surface area contributed by atoms with Crippen molar-refractivity contribution >= 4 is 15.7 Å². The lowest BCUT2D eigenvalue weighted by Gasteiger charge is -2.28. The number of carbonyl (C=O) groups excluding carboxylic acids is 1. The Balaban J connectivity index is 1.73. The van der Waals surface area contributed by atoms with Crippen molar-refractivity contribution in [2.24, 2.45) is 0 Å². The molecule has 1 unspecified atom stereocenters.